The third-order valence-electron chi connectivity index (χ3n) is 4.68. The number of hydrogen-bond donors (Lipinski definition) is 1. The Labute approximate surface area is 167 Å². The van der Waals surface area contributed by atoms with Crippen LogP contribution in [0.3, 0.4) is 0 Å². The van der Waals surface area contributed by atoms with E-state index >= 15 is 0 Å². The van der Waals surface area contributed by atoms with Gasteiger partial charge in [-0.1, -0.05) is 35.9 Å². The summed E-state index contributed by atoms with van der Waals surface area (Å²) in [6, 6.07) is 15.4. The predicted molar refractivity (Wildman–Crippen MR) is 109 cm³/mol. The molecular weight excluding hydrogens is 378 g/mol. The minimum Gasteiger partial charge on any atom is -0.346 e. The SMILES string of the molecule is O=C(NCc1nc(CN2CCc3cc(Cl)ccc3C2)cs1)c1ccccc1. The number of aromatic nitrogens is 1. The summed E-state index contributed by atoms with van der Waals surface area (Å²) in [5.74, 6) is -0.0707. The molecule has 1 aliphatic heterocycles. The van der Waals surface area contributed by atoms with Crippen LogP contribution in [0.5, 0.6) is 0 Å². The molecule has 0 radical (unpaired) electrons. The van der Waals surface area contributed by atoms with E-state index in [1.807, 2.05) is 36.4 Å². The van der Waals surface area contributed by atoms with Crippen LogP contribution in [-0.2, 0) is 26.1 Å². The standard InChI is InChI=1S/C21H20ClN3OS/c22-18-7-6-17-12-25(9-8-16(17)10-18)13-19-14-27-20(24-19)11-23-21(26)15-4-2-1-3-5-15/h1-7,10,14H,8-9,11-13H2,(H,23,26). The molecule has 1 N–H and O–H groups in total. The van der Waals surface area contributed by atoms with Crippen LogP contribution in [0.1, 0.15) is 32.2 Å². The van der Waals surface area contributed by atoms with Crippen molar-refractivity contribution in [2.24, 2.45) is 0 Å². The first-order valence-corrected chi connectivity index (χ1v) is 10.2. The van der Waals surface area contributed by atoms with Gasteiger partial charge in [-0.15, -0.1) is 11.3 Å². The number of nitrogens with zero attached hydrogens (tertiary/aromatic N) is 2. The van der Waals surface area contributed by atoms with E-state index in [4.69, 9.17) is 11.6 Å². The van der Waals surface area contributed by atoms with Crippen molar-refractivity contribution < 1.29 is 4.79 Å². The molecule has 138 valence electrons. The van der Waals surface area contributed by atoms with Gasteiger partial charge >= 0.3 is 0 Å². The molecule has 2 aromatic carbocycles. The highest BCUT2D eigenvalue weighted by atomic mass is 35.5. The largest absolute Gasteiger partial charge is 0.346 e. The molecule has 4 rings (SSSR count). The smallest absolute Gasteiger partial charge is 0.251 e. The summed E-state index contributed by atoms with van der Waals surface area (Å²) in [5.41, 5.74) is 4.42. The molecule has 0 saturated heterocycles. The second kappa shape index (κ2) is 8.21. The van der Waals surface area contributed by atoms with Gasteiger partial charge in [0.05, 0.1) is 12.2 Å². The van der Waals surface area contributed by atoms with Crippen molar-refractivity contribution in [3.05, 3.63) is 86.3 Å². The lowest BCUT2D eigenvalue weighted by Gasteiger charge is -2.28. The van der Waals surface area contributed by atoms with Crippen LogP contribution in [0.25, 0.3) is 0 Å². The molecule has 0 fully saturated rings. The van der Waals surface area contributed by atoms with Crippen molar-refractivity contribution in [3.8, 4) is 0 Å². The Morgan fingerprint density at radius 1 is 1.19 bits per heavy atom. The van der Waals surface area contributed by atoms with Gasteiger partial charge in [-0.2, -0.15) is 0 Å². The number of rotatable bonds is 5. The maximum absolute atomic E-state index is 12.1. The van der Waals surface area contributed by atoms with E-state index in [-0.39, 0.29) is 5.91 Å². The number of fused-ring (bicyclic) bond motifs is 1. The number of amides is 1. The van der Waals surface area contributed by atoms with Crippen LogP contribution < -0.4 is 5.32 Å². The number of hydrogen-bond acceptors (Lipinski definition) is 4. The fraction of sp³-hybridized carbons (Fsp3) is 0.238. The molecule has 4 nitrogen and oxygen atoms in total. The highest BCUT2D eigenvalue weighted by Crippen LogP contribution is 2.24. The summed E-state index contributed by atoms with van der Waals surface area (Å²) < 4.78 is 0. The number of benzene rings is 2. The van der Waals surface area contributed by atoms with Gasteiger partial charge in [0.1, 0.15) is 5.01 Å². The van der Waals surface area contributed by atoms with E-state index in [0.29, 0.717) is 12.1 Å². The third-order valence-corrected chi connectivity index (χ3v) is 5.81. The summed E-state index contributed by atoms with van der Waals surface area (Å²) in [4.78, 5) is 19.2. The molecule has 0 spiro atoms. The first kappa shape index (κ1) is 18.2. The van der Waals surface area contributed by atoms with Gasteiger partial charge in [-0.3, -0.25) is 9.69 Å². The van der Waals surface area contributed by atoms with Gasteiger partial charge < -0.3 is 5.32 Å². The van der Waals surface area contributed by atoms with Crippen molar-refractivity contribution >= 4 is 28.8 Å². The number of carbonyl (C=O) groups excluding carboxylic acids is 1. The normalized spacial score (nSPS) is 14.0. The third kappa shape index (κ3) is 4.56. The summed E-state index contributed by atoms with van der Waals surface area (Å²) in [7, 11) is 0. The van der Waals surface area contributed by atoms with Crippen molar-refractivity contribution in [1.29, 1.82) is 0 Å². The molecular formula is C21H20ClN3OS. The molecule has 0 atom stereocenters. The van der Waals surface area contributed by atoms with E-state index in [1.165, 1.54) is 11.1 Å². The van der Waals surface area contributed by atoms with Gasteiger partial charge in [0.15, 0.2) is 0 Å². The molecule has 1 aliphatic rings. The van der Waals surface area contributed by atoms with Crippen molar-refractivity contribution in [3.63, 3.8) is 0 Å². The molecule has 3 aromatic rings. The molecule has 1 aromatic heterocycles. The molecule has 1 amide bonds. The zero-order valence-electron chi connectivity index (χ0n) is 14.8. The van der Waals surface area contributed by atoms with Gasteiger partial charge in [-0.05, 0) is 41.8 Å². The minimum absolute atomic E-state index is 0.0707. The maximum Gasteiger partial charge on any atom is 0.251 e. The fourth-order valence-electron chi connectivity index (χ4n) is 3.29. The Kier molecular flexibility index (Phi) is 5.53. The summed E-state index contributed by atoms with van der Waals surface area (Å²) in [5, 5.41) is 6.76. The first-order chi connectivity index (χ1) is 13.2. The summed E-state index contributed by atoms with van der Waals surface area (Å²) in [6.45, 7) is 3.21. The van der Waals surface area contributed by atoms with Crippen LogP contribution in [0.4, 0.5) is 0 Å². The molecule has 0 saturated carbocycles. The predicted octanol–water partition coefficient (Wildman–Crippen LogP) is 4.28. The topological polar surface area (TPSA) is 45.2 Å². The monoisotopic (exact) mass is 397 g/mol. The van der Waals surface area contributed by atoms with Gasteiger partial charge in [0.2, 0.25) is 0 Å². The van der Waals surface area contributed by atoms with E-state index in [1.54, 1.807) is 11.3 Å². The van der Waals surface area contributed by atoms with E-state index < -0.39 is 0 Å². The van der Waals surface area contributed by atoms with Crippen molar-refractivity contribution in [2.75, 3.05) is 6.54 Å². The average molecular weight is 398 g/mol. The second-order valence-electron chi connectivity index (χ2n) is 6.65. The van der Waals surface area contributed by atoms with E-state index in [0.717, 1.165) is 41.8 Å². The fourth-order valence-corrected chi connectivity index (χ4v) is 4.21. The van der Waals surface area contributed by atoms with Crippen LogP contribution in [0.2, 0.25) is 5.02 Å². The van der Waals surface area contributed by atoms with Crippen LogP contribution in [0, 0.1) is 0 Å². The molecule has 6 heteroatoms. The van der Waals surface area contributed by atoms with Crippen LogP contribution in [-0.4, -0.2) is 22.3 Å². The van der Waals surface area contributed by atoms with Gasteiger partial charge in [0, 0.05) is 35.6 Å². The van der Waals surface area contributed by atoms with Crippen LogP contribution in [0.15, 0.2) is 53.9 Å². The van der Waals surface area contributed by atoms with Crippen molar-refractivity contribution in [1.82, 2.24) is 15.2 Å². The Hall–Kier alpha value is -2.21. The quantitative estimate of drug-likeness (QED) is 0.698. The Bertz CT molecular complexity index is 942. The molecule has 27 heavy (non-hydrogen) atoms. The summed E-state index contributed by atoms with van der Waals surface area (Å²) >= 11 is 7.68. The molecule has 0 aliphatic carbocycles. The lowest BCUT2D eigenvalue weighted by molar-refractivity contribution is 0.0951. The number of carbonyl (C=O) groups is 1. The van der Waals surface area contributed by atoms with Crippen molar-refractivity contribution in [2.45, 2.75) is 26.1 Å². The van der Waals surface area contributed by atoms with Gasteiger partial charge in [-0.25, -0.2) is 4.98 Å². The van der Waals surface area contributed by atoms with E-state index in [9.17, 15) is 4.79 Å². The second-order valence-corrected chi connectivity index (χ2v) is 8.03. The van der Waals surface area contributed by atoms with Crippen LogP contribution >= 0.6 is 22.9 Å². The van der Waals surface area contributed by atoms with E-state index in [2.05, 4.69) is 32.7 Å². The summed E-state index contributed by atoms with van der Waals surface area (Å²) in [6.07, 6.45) is 1.01. The van der Waals surface area contributed by atoms with Gasteiger partial charge in [0.25, 0.3) is 5.91 Å². The Morgan fingerprint density at radius 2 is 2.04 bits per heavy atom. The zero-order chi connectivity index (χ0) is 18.6. The maximum atomic E-state index is 12.1. The average Bonchev–Trinajstić information content (AvgIpc) is 3.14. The number of halogens is 1. The number of thiazole rings is 1. The molecule has 0 bridgehead atoms. The lowest BCUT2D eigenvalue weighted by Crippen LogP contribution is -2.30. The Balaban J connectivity index is 1.32. The molecule has 2 heterocycles. The number of nitrogens with one attached hydrogen (secondary N) is 1. The highest BCUT2D eigenvalue weighted by molar-refractivity contribution is 7.09. The highest BCUT2D eigenvalue weighted by Gasteiger charge is 2.17. The Morgan fingerprint density at radius 3 is 2.89 bits per heavy atom. The minimum atomic E-state index is -0.0707. The lowest BCUT2D eigenvalue weighted by atomic mass is 10.00. The zero-order valence-corrected chi connectivity index (χ0v) is 16.4. The molecule has 0 unspecified atom stereocenters. The first-order valence-electron chi connectivity index (χ1n) is 8.93.